The van der Waals surface area contributed by atoms with Crippen LogP contribution in [0.25, 0.3) is 0 Å². The lowest BCUT2D eigenvalue weighted by molar-refractivity contribution is -0.164. The molecule has 1 N–H and O–H groups in total. The first-order chi connectivity index (χ1) is 15.0. The average Bonchev–Trinajstić information content (AvgIpc) is 2.79. The number of anilines is 2. The highest BCUT2D eigenvalue weighted by molar-refractivity contribution is 5.79. The molecule has 0 aromatic heterocycles. The molecule has 31 heavy (non-hydrogen) atoms. The van der Waals surface area contributed by atoms with E-state index in [1.807, 2.05) is 48.5 Å². The van der Waals surface area contributed by atoms with E-state index in [9.17, 15) is 9.90 Å². The second-order valence-corrected chi connectivity index (χ2v) is 7.33. The van der Waals surface area contributed by atoms with Crippen LogP contribution < -0.4 is 14.4 Å². The molecule has 0 amide bonds. The summed E-state index contributed by atoms with van der Waals surface area (Å²) in [6, 6.07) is 22.9. The molecule has 6 nitrogen and oxygen atoms in total. The molecule has 0 saturated heterocycles. The van der Waals surface area contributed by atoms with Crippen LogP contribution >= 0.6 is 0 Å². The second-order valence-electron chi connectivity index (χ2n) is 7.33. The minimum absolute atomic E-state index is 0.309. The predicted octanol–water partition coefficient (Wildman–Crippen LogP) is 5.35. The van der Waals surface area contributed by atoms with Crippen molar-refractivity contribution in [1.82, 2.24) is 0 Å². The van der Waals surface area contributed by atoms with E-state index in [2.05, 4.69) is 4.90 Å². The summed E-state index contributed by atoms with van der Waals surface area (Å²) in [4.78, 5) is 13.9. The topological polar surface area (TPSA) is 68.2 Å². The minimum Gasteiger partial charge on any atom is -0.492 e. The van der Waals surface area contributed by atoms with E-state index in [0.29, 0.717) is 31.1 Å². The fraction of sp³-hybridized carbons (Fsp3) is 0.240. The Kier molecular flexibility index (Phi) is 5.82. The summed E-state index contributed by atoms with van der Waals surface area (Å²) in [7, 11) is 0. The van der Waals surface area contributed by atoms with Crippen LogP contribution in [0.4, 0.5) is 11.4 Å². The number of aliphatic carboxylic acids is 1. The quantitative estimate of drug-likeness (QED) is 0.531. The standard InChI is InChI=1S/C25H25NO5/c1-3-30-25(2,24(27)28)18-12-14-19(15-13-18)29-17-16-26-20-8-4-6-10-22(20)31-23-11-7-5-9-21(23)26/h4-15H,3,16-17H2,1-2H3,(H,27,28). The Bertz CT molecular complexity index is 1020. The Hall–Kier alpha value is -3.51. The number of ether oxygens (including phenoxy) is 3. The van der Waals surface area contributed by atoms with Crippen molar-refractivity contribution < 1.29 is 24.1 Å². The number of benzene rings is 3. The molecule has 1 aliphatic rings. The monoisotopic (exact) mass is 419 g/mol. The summed E-state index contributed by atoms with van der Waals surface area (Å²) in [5, 5.41) is 9.56. The first kappa shape index (κ1) is 20.8. The maximum absolute atomic E-state index is 11.7. The van der Waals surface area contributed by atoms with Gasteiger partial charge in [0.15, 0.2) is 17.1 Å². The Morgan fingerprint density at radius 1 is 0.968 bits per heavy atom. The summed E-state index contributed by atoms with van der Waals surface area (Å²) in [6.07, 6.45) is 0. The summed E-state index contributed by atoms with van der Waals surface area (Å²) >= 11 is 0. The molecule has 0 fully saturated rings. The van der Waals surface area contributed by atoms with Crippen molar-refractivity contribution in [2.75, 3.05) is 24.7 Å². The van der Waals surface area contributed by atoms with Gasteiger partial charge in [-0.1, -0.05) is 36.4 Å². The van der Waals surface area contributed by atoms with E-state index in [-0.39, 0.29) is 0 Å². The summed E-state index contributed by atoms with van der Waals surface area (Å²) < 4.78 is 17.5. The molecule has 0 aliphatic carbocycles. The Balaban J connectivity index is 1.46. The second kappa shape index (κ2) is 8.70. The van der Waals surface area contributed by atoms with Crippen molar-refractivity contribution in [1.29, 1.82) is 0 Å². The Labute approximate surface area is 181 Å². The molecular formula is C25H25NO5. The number of nitrogens with zero attached hydrogens (tertiary/aromatic N) is 1. The SMILES string of the molecule is CCOC(C)(C(=O)O)c1ccc(OCCN2c3ccccc3Oc3ccccc32)cc1. The number of rotatable bonds is 8. The molecule has 0 bridgehead atoms. The van der Waals surface area contributed by atoms with Gasteiger partial charge in [0.05, 0.1) is 17.9 Å². The van der Waals surface area contributed by atoms with Crippen molar-refractivity contribution in [3.8, 4) is 17.2 Å². The van der Waals surface area contributed by atoms with Gasteiger partial charge in [-0.3, -0.25) is 0 Å². The molecule has 1 atom stereocenters. The smallest absolute Gasteiger partial charge is 0.340 e. The molecule has 0 radical (unpaired) electrons. The van der Waals surface area contributed by atoms with Crippen LogP contribution in [0, 0.1) is 0 Å². The highest BCUT2D eigenvalue weighted by Crippen LogP contribution is 2.45. The Morgan fingerprint density at radius 3 is 2.10 bits per heavy atom. The van der Waals surface area contributed by atoms with Gasteiger partial charge in [0.2, 0.25) is 0 Å². The molecule has 1 heterocycles. The normalized spacial score (nSPS) is 14.1. The number of carboxylic acid groups (broad SMARTS) is 1. The van der Waals surface area contributed by atoms with Crippen LogP contribution in [-0.4, -0.2) is 30.8 Å². The van der Waals surface area contributed by atoms with E-state index in [1.165, 1.54) is 0 Å². The van der Waals surface area contributed by atoms with Crippen LogP contribution in [0.1, 0.15) is 19.4 Å². The zero-order valence-corrected chi connectivity index (χ0v) is 17.6. The molecule has 1 aliphatic heterocycles. The first-order valence-corrected chi connectivity index (χ1v) is 10.3. The number of para-hydroxylation sites is 4. The molecule has 3 aromatic carbocycles. The van der Waals surface area contributed by atoms with Crippen LogP contribution in [0.2, 0.25) is 0 Å². The van der Waals surface area contributed by atoms with Gasteiger partial charge in [0, 0.05) is 6.61 Å². The summed E-state index contributed by atoms with van der Waals surface area (Å²) in [5.41, 5.74) is 1.18. The fourth-order valence-electron chi connectivity index (χ4n) is 3.70. The molecule has 1 unspecified atom stereocenters. The third-order valence-corrected chi connectivity index (χ3v) is 5.36. The van der Waals surface area contributed by atoms with E-state index in [0.717, 1.165) is 22.9 Å². The number of carbonyl (C=O) groups is 1. The van der Waals surface area contributed by atoms with E-state index >= 15 is 0 Å². The van der Waals surface area contributed by atoms with Gasteiger partial charge >= 0.3 is 5.97 Å². The lowest BCUT2D eigenvalue weighted by atomic mass is 9.96. The van der Waals surface area contributed by atoms with Crippen LogP contribution in [0.3, 0.4) is 0 Å². The summed E-state index contributed by atoms with van der Waals surface area (Å²) in [6.45, 7) is 4.72. The lowest BCUT2D eigenvalue weighted by Gasteiger charge is -2.32. The van der Waals surface area contributed by atoms with E-state index in [1.54, 1.807) is 38.1 Å². The maximum atomic E-state index is 11.7. The Morgan fingerprint density at radius 2 is 1.55 bits per heavy atom. The molecule has 6 heteroatoms. The number of hydrogen-bond donors (Lipinski definition) is 1. The highest BCUT2D eigenvalue weighted by atomic mass is 16.5. The molecule has 160 valence electrons. The van der Waals surface area contributed by atoms with Crippen LogP contribution in [0.15, 0.2) is 72.8 Å². The van der Waals surface area contributed by atoms with Crippen LogP contribution in [-0.2, 0) is 15.1 Å². The molecule has 0 spiro atoms. The van der Waals surface area contributed by atoms with Gasteiger partial charge in [-0.2, -0.15) is 0 Å². The van der Waals surface area contributed by atoms with Crippen LogP contribution in [0.5, 0.6) is 17.2 Å². The number of carboxylic acids is 1. The van der Waals surface area contributed by atoms with Crippen molar-refractivity contribution in [3.05, 3.63) is 78.4 Å². The van der Waals surface area contributed by atoms with E-state index in [4.69, 9.17) is 14.2 Å². The zero-order chi connectivity index (χ0) is 21.8. The van der Waals surface area contributed by atoms with Crippen molar-refractivity contribution in [2.45, 2.75) is 19.4 Å². The zero-order valence-electron chi connectivity index (χ0n) is 17.6. The fourth-order valence-corrected chi connectivity index (χ4v) is 3.70. The van der Waals surface area contributed by atoms with Gasteiger partial charge in [0.25, 0.3) is 0 Å². The maximum Gasteiger partial charge on any atom is 0.340 e. The minimum atomic E-state index is -1.38. The average molecular weight is 419 g/mol. The lowest BCUT2D eigenvalue weighted by Crippen LogP contribution is -2.35. The third kappa shape index (κ3) is 4.07. The number of hydrogen-bond acceptors (Lipinski definition) is 5. The van der Waals surface area contributed by atoms with Crippen molar-refractivity contribution in [2.24, 2.45) is 0 Å². The van der Waals surface area contributed by atoms with Gasteiger partial charge in [-0.05, 0) is 55.8 Å². The third-order valence-electron chi connectivity index (χ3n) is 5.36. The summed E-state index contributed by atoms with van der Waals surface area (Å²) in [5.74, 6) is 1.28. The molecule has 4 rings (SSSR count). The number of fused-ring (bicyclic) bond motifs is 2. The predicted molar refractivity (Wildman–Crippen MR) is 119 cm³/mol. The van der Waals surface area contributed by atoms with Crippen molar-refractivity contribution >= 4 is 17.3 Å². The van der Waals surface area contributed by atoms with Gasteiger partial charge < -0.3 is 24.2 Å². The van der Waals surface area contributed by atoms with Gasteiger partial charge in [-0.25, -0.2) is 4.79 Å². The largest absolute Gasteiger partial charge is 0.492 e. The van der Waals surface area contributed by atoms with Gasteiger partial charge in [-0.15, -0.1) is 0 Å². The van der Waals surface area contributed by atoms with Crippen molar-refractivity contribution in [3.63, 3.8) is 0 Å². The highest BCUT2D eigenvalue weighted by Gasteiger charge is 2.36. The van der Waals surface area contributed by atoms with E-state index < -0.39 is 11.6 Å². The molecule has 0 saturated carbocycles. The molecule has 3 aromatic rings. The first-order valence-electron chi connectivity index (χ1n) is 10.3. The molecular weight excluding hydrogens is 394 g/mol. The van der Waals surface area contributed by atoms with Gasteiger partial charge in [0.1, 0.15) is 12.4 Å².